The highest BCUT2D eigenvalue weighted by atomic mass is 32.2. The molecule has 1 aliphatic heterocycles. The molecular weight excluding hydrogens is 404 g/mol. The first kappa shape index (κ1) is 20.6. The highest BCUT2D eigenvalue weighted by Crippen LogP contribution is 2.22. The quantitative estimate of drug-likeness (QED) is 0.620. The van der Waals surface area contributed by atoms with Crippen LogP contribution < -0.4 is 9.47 Å². The van der Waals surface area contributed by atoms with Gasteiger partial charge in [0, 0.05) is 32.2 Å². The molecule has 0 spiro atoms. The molecule has 1 saturated heterocycles. The molecule has 1 aliphatic rings. The minimum Gasteiger partial charge on any atom is -0.497 e. The van der Waals surface area contributed by atoms with Crippen molar-refractivity contribution < 1.29 is 17.9 Å². The Morgan fingerprint density at radius 2 is 1.73 bits per heavy atom. The van der Waals surface area contributed by atoms with E-state index in [0.29, 0.717) is 50.0 Å². The van der Waals surface area contributed by atoms with E-state index in [2.05, 4.69) is 14.9 Å². The minimum atomic E-state index is -3.50. The summed E-state index contributed by atoms with van der Waals surface area (Å²) in [4.78, 5) is 10.5. The lowest BCUT2D eigenvalue weighted by Crippen LogP contribution is -2.48. The van der Waals surface area contributed by atoms with Crippen LogP contribution in [0.25, 0.3) is 11.0 Å². The third-order valence-corrected chi connectivity index (χ3v) is 7.13. The number of ether oxygens (including phenoxy) is 2. The van der Waals surface area contributed by atoms with E-state index in [1.54, 1.807) is 35.7 Å². The van der Waals surface area contributed by atoms with Crippen LogP contribution in [0.5, 0.6) is 11.5 Å². The zero-order valence-electron chi connectivity index (χ0n) is 17.2. The van der Waals surface area contributed by atoms with E-state index in [-0.39, 0.29) is 0 Å². The van der Waals surface area contributed by atoms with E-state index in [1.165, 1.54) is 0 Å². The molecule has 0 aliphatic carbocycles. The maximum absolute atomic E-state index is 12.9. The van der Waals surface area contributed by atoms with Crippen molar-refractivity contribution in [2.75, 3.05) is 39.9 Å². The van der Waals surface area contributed by atoms with Gasteiger partial charge in [0.25, 0.3) is 0 Å². The van der Waals surface area contributed by atoms with Gasteiger partial charge in [-0.15, -0.1) is 0 Å². The summed E-state index contributed by atoms with van der Waals surface area (Å²) in [6.07, 6.45) is 0. The molecule has 0 bridgehead atoms. The molecule has 30 heavy (non-hydrogen) atoms. The fourth-order valence-electron chi connectivity index (χ4n) is 3.61. The van der Waals surface area contributed by atoms with Crippen molar-refractivity contribution in [2.24, 2.45) is 0 Å². The van der Waals surface area contributed by atoms with E-state index < -0.39 is 10.0 Å². The van der Waals surface area contributed by atoms with Crippen LogP contribution in [-0.4, -0.2) is 67.5 Å². The monoisotopic (exact) mass is 430 g/mol. The minimum absolute atomic E-state index is 0.297. The summed E-state index contributed by atoms with van der Waals surface area (Å²) in [5, 5.41) is 0. The molecule has 0 amide bonds. The van der Waals surface area contributed by atoms with Crippen molar-refractivity contribution in [1.29, 1.82) is 0 Å². The normalized spacial score (nSPS) is 16.1. The molecule has 3 aromatic rings. The molecule has 2 aromatic carbocycles. The number of imidazole rings is 1. The Hall–Kier alpha value is -2.62. The Morgan fingerprint density at radius 3 is 2.40 bits per heavy atom. The van der Waals surface area contributed by atoms with Crippen LogP contribution in [0.2, 0.25) is 0 Å². The van der Waals surface area contributed by atoms with Crippen LogP contribution in [0.15, 0.2) is 47.4 Å². The Morgan fingerprint density at radius 1 is 1.03 bits per heavy atom. The Bertz CT molecular complexity index is 1100. The SMILES string of the molecule is CCOc1ccc(S(=O)(=O)N2CCN(Cc3nc4ccc(OC)cc4[nH]3)CC2)cc1. The van der Waals surface area contributed by atoms with E-state index in [1.807, 2.05) is 25.1 Å². The third kappa shape index (κ3) is 4.28. The van der Waals surface area contributed by atoms with Gasteiger partial charge in [0.05, 0.1) is 36.2 Å². The molecule has 4 rings (SSSR count). The maximum Gasteiger partial charge on any atom is 0.243 e. The number of piperazine rings is 1. The second kappa shape index (κ2) is 8.63. The van der Waals surface area contributed by atoms with Gasteiger partial charge in [-0.3, -0.25) is 4.90 Å². The smallest absolute Gasteiger partial charge is 0.243 e. The predicted molar refractivity (Wildman–Crippen MR) is 114 cm³/mol. The number of sulfonamides is 1. The lowest BCUT2D eigenvalue weighted by Gasteiger charge is -2.33. The zero-order chi connectivity index (χ0) is 21.1. The lowest BCUT2D eigenvalue weighted by atomic mass is 10.3. The molecule has 0 saturated carbocycles. The molecule has 0 atom stereocenters. The summed E-state index contributed by atoms with van der Waals surface area (Å²) in [6, 6.07) is 12.3. The third-order valence-electron chi connectivity index (χ3n) is 5.22. The van der Waals surface area contributed by atoms with Crippen LogP contribution >= 0.6 is 0 Å². The van der Waals surface area contributed by atoms with Gasteiger partial charge in [0.15, 0.2) is 0 Å². The summed E-state index contributed by atoms with van der Waals surface area (Å²) in [5.74, 6) is 2.32. The number of H-pyrrole nitrogens is 1. The predicted octanol–water partition coefficient (Wildman–Crippen LogP) is 2.48. The van der Waals surface area contributed by atoms with Gasteiger partial charge in [-0.25, -0.2) is 13.4 Å². The van der Waals surface area contributed by atoms with Gasteiger partial charge in [0.1, 0.15) is 17.3 Å². The van der Waals surface area contributed by atoms with E-state index in [9.17, 15) is 8.42 Å². The van der Waals surface area contributed by atoms with E-state index in [4.69, 9.17) is 9.47 Å². The first-order chi connectivity index (χ1) is 14.5. The average Bonchev–Trinajstić information content (AvgIpc) is 3.16. The topological polar surface area (TPSA) is 87.8 Å². The number of hydrogen-bond donors (Lipinski definition) is 1. The molecule has 9 heteroatoms. The van der Waals surface area contributed by atoms with Crippen molar-refractivity contribution in [2.45, 2.75) is 18.4 Å². The van der Waals surface area contributed by atoms with Gasteiger partial charge in [-0.1, -0.05) is 0 Å². The highest BCUT2D eigenvalue weighted by molar-refractivity contribution is 7.89. The summed E-state index contributed by atoms with van der Waals surface area (Å²) < 4.78 is 38.1. The van der Waals surface area contributed by atoms with Crippen LogP contribution in [0.1, 0.15) is 12.7 Å². The van der Waals surface area contributed by atoms with Gasteiger partial charge >= 0.3 is 0 Å². The number of hydrogen-bond acceptors (Lipinski definition) is 6. The lowest BCUT2D eigenvalue weighted by molar-refractivity contribution is 0.178. The molecular formula is C21H26N4O4S. The van der Waals surface area contributed by atoms with Crippen molar-refractivity contribution in [1.82, 2.24) is 19.2 Å². The number of nitrogens with one attached hydrogen (secondary N) is 1. The van der Waals surface area contributed by atoms with Gasteiger partial charge in [-0.2, -0.15) is 4.31 Å². The summed E-state index contributed by atoms with van der Waals surface area (Å²) in [6.45, 7) is 5.29. The van der Waals surface area contributed by atoms with Crippen molar-refractivity contribution in [3.05, 3.63) is 48.3 Å². The van der Waals surface area contributed by atoms with Crippen LogP contribution in [0.3, 0.4) is 0 Å². The van der Waals surface area contributed by atoms with E-state index >= 15 is 0 Å². The van der Waals surface area contributed by atoms with Crippen LogP contribution in [0.4, 0.5) is 0 Å². The van der Waals surface area contributed by atoms with Crippen molar-refractivity contribution in [3.8, 4) is 11.5 Å². The number of methoxy groups -OCH3 is 1. The molecule has 160 valence electrons. The Labute approximate surface area is 176 Å². The molecule has 2 heterocycles. The Balaban J connectivity index is 1.38. The second-order valence-electron chi connectivity index (χ2n) is 7.15. The van der Waals surface area contributed by atoms with Gasteiger partial charge < -0.3 is 14.5 Å². The van der Waals surface area contributed by atoms with Crippen molar-refractivity contribution in [3.63, 3.8) is 0 Å². The van der Waals surface area contributed by atoms with Gasteiger partial charge in [0.2, 0.25) is 10.0 Å². The average molecular weight is 431 g/mol. The fourth-order valence-corrected chi connectivity index (χ4v) is 5.03. The molecule has 0 radical (unpaired) electrons. The number of rotatable bonds is 7. The first-order valence-electron chi connectivity index (χ1n) is 9.97. The fraction of sp³-hybridized carbons (Fsp3) is 0.381. The number of nitrogens with zero attached hydrogens (tertiary/aromatic N) is 3. The van der Waals surface area contributed by atoms with Gasteiger partial charge in [-0.05, 0) is 43.3 Å². The number of fused-ring (bicyclic) bond motifs is 1. The zero-order valence-corrected chi connectivity index (χ0v) is 18.0. The number of aromatic nitrogens is 2. The molecule has 0 unspecified atom stereocenters. The maximum atomic E-state index is 12.9. The molecule has 1 N–H and O–H groups in total. The number of benzene rings is 2. The Kier molecular flexibility index (Phi) is 5.94. The molecule has 1 aromatic heterocycles. The standard InChI is InChI=1S/C21H26N4O4S/c1-3-29-16-4-7-18(8-5-16)30(26,27)25-12-10-24(11-13-25)15-21-22-19-9-6-17(28-2)14-20(19)23-21/h4-9,14H,3,10-13,15H2,1-2H3,(H,22,23). The largest absolute Gasteiger partial charge is 0.497 e. The summed E-state index contributed by atoms with van der Waals surface area (Å²) >= 11 is 0. The number of aromatic amines is 1. The van der Waals surface area contributed by atoms with Crippen LogP contribution in [-0.2, 0) is 16.6 Å². The van der Waals surface area contributed by atoms with Crippen molar-refractivity contribution >= 4 is 21.1 Å². The molecule has 1 fully saturated rings. The van der Waals surface area contributed by atoms with E-state index in [0.717, 1.165) is 22.6 Å². The summed E-state index contributed by atoms with van der Waals surface area (Å²) in [5.41, 5.74) is 1.82. The second-order valence-corrected chi connectivity index (χ2v) is 9.09. The highest BCUT2D eigenvalue weighted by Gasteiger charge is 2.28. The first-order valence-corrected chi connectivity index (χ1v) is 11.4. The molecule has 8 nitrogen and oxygen atoms in total. The van der Waals surface area contributed by atoms with Crippen LogP contribution in [0, 0.1) is 0 Å². The summed E-state index contributed by atoms with van der Waals surface area (Å²) in [7, 11) is -1.87.